The topological polar surface area (TPSA) is 77.4 Å². The smallest absolute Gasteiger partial charge is 0.308 e. The van der Waals surface area contributed by atoms with Gasteiger partial charge in [-0.2, -0.15) is 0 Å². The van der Waals surface area contributed by atoms with E-state index >= 15 is 0 Å². The Morgan fingerprint density at radius 2 is 1.86 bits per heavy atom. The zero-order valence-corrected chi connectivity index (χ0v) is 16.5. The van der Waals surface area contributed by atoms with Crippen LogP contribution in [0.2, 0.25) is 0 Å². The third-order valence-electron chi connectivity index (χ3n) is 4.41. The summed E-state index contributed by atoms with van der Waals surface area (Å²) < 4.78 is 7.08. The molecule has 0 saturated heterocycles. The summed E-state index contributed by atoms with van der Waals surface area (Å²) in [5.74, 6) is -1.04. The number of aromatic nitrogens is 1. The number of ketones is 1. The molecule has 1 aromatic carbocycles. The lowest BCUT2D eigenvalue weighted by molar-refractivity contribution is -0.142. The van der Waals surface area contributed by atoms with Crippen LogP contribution in [0.1, 0.15) is 40.7 Å². The van der Waals surface area contributed by atoms with Crippen LogP contribution in [-0.4, -0.2) is 35.4 Å². The monoisotopic (exact) mass is 382 g/mol. The molecule has 0 aliphatic carbocycles. The largest absolute Gasteiger partial charge is 0.457 e. The molecular formula is C22H26N2O4. The second-order valence-corrected chi connectivity index (χ2v) is 6.40. The third-order valence-corrected chi connectivity index (χ3v) is 4.41. The number of nitrogens with zero attached hydrogens (tertiary/aromatic N) is 1. The van der Waals surface area contributed by atoms with E-state index < -0.39 is 5.97 Å². The van der Waals surface area contributed by atoms with Crippen molar-refractivity contribution in [2.75, 3.05) is 13.2 Å². The van der Waals surface area contributed by atoms with Gasteiger partial charge < -0.3 is 14.6 Å². The summed E-state index contributed by atoms with van der Waals surface area (Å²) in [5.41, 5.74) is 3.36. The molecule has 148 valence electrons. The Labute approximate surface area is 165 Å². The van der Waals surface area contributed by atoms with E-state index in [0.29, 0.717) is 5.56 Å². The van der Waals surface area contributed by atoms with Crippen LogP contribution in [0.15, 0.2) is 42.5 Å². The lowest BCUT2D eigenvalue weighted by Gasteiger charge is -2.07. The number of ether oxygens (including phenoxy) is 1. The van der Waals surface area contributed by atoms with Crippen LogP contribution in [0.5, 0.6) is 0 Å². The average Bonchev–Trinajstić information content (AvgIpc) is 2.98. The number of carbonyl (C=O) groups excluding carboxylic acids is 3. The van der Waals surface area contributed by atoms with Crippen LogP contribution >= 0.6 is 0 Å². The van der Waals surface area contributed by atoms with E-state index in [9.17, 15) is 14.4 Å². The molecule has 0 bridgehead atoms. The number of carbonyl (C=O) groups is 3. The number of nitrogens with one attached hydrogen (secondary N) is 1. The van der Waals surface area contributed by atoms with Crippen molar-refractivity contribution in [2.45, 2.75) is 33.7 Å². The highest BCUT2D eigenvalue weighted by atomic mass is 16.5. The molecule has 0 aliphatic rings. The highest BCUT2D eigenvalue weighted by molar-refractivity contribution is 5.99. The first kappa shape index (κ1) is 21.2. The van der Waals surface area contributed by atoms with E-state index in [2.05, 4.69) is 5.32 Å². The summed E-state index contributed by atoms with van der Waals surface area (Å²) in [5, 5.41) is 2.62. The molecule has 2 rings (SSSR count). The summed E-state index contributed by atoms with van der Waals surface area (Å²) in [6.45, 7) is 6.46. The maximum absolute atomic E-state index is 12.3. The molecule has 1 N–H and O–H groups in total. The fourth-order valence-corrected chi connectivity index (χ4v) is 2.95. The van der Waals surface area contributed by atoms with Crippen molar-refractivity contribution in [3.8, 4) is 0 Å². The van der Waals surface area contributed by atoms with E-state index in [4.69, 9.17) is 4.74 Å². The minimum Gasteiger partial charge on any atom is -0.457 e. The van der Waals surface area contributed by atoms with E-state index in [1.807, 2.05) is 61.7 Å². The fourth-order valence-electron chi connectivity index (χ4n) is 2.95. The normalized spacial score (nSPS) is 10.8. The molecule has 0 fully saturated rings. The van der Waals surface area contributed by atoms with Gasteiger partial charge in [0.05, 0.1) is 6.42 Å². The summed E-state index contributed by atoms with van der Waals surface area (Å²) in [4.78, 5) is 35.8. The van der Waals surface area contributed by atoms with Crippen LogP contribution in [-0.2, 0) is 20.9 Å². The first-order chi connectivity index (χ1) is 13.4. The van der Waals surface area contributed by atoms with Crippen molar-refractivity contribution in [3.63, 3.8) is 0 Å². The Hall–Kier alpha value is -3.15. The maximum Gasteiger partial charge on any atom is 0.308 e. The molecular weight excluding hydrogens is 356 g/mol. The van der Waals surface area contributed by atoms with Crippen LogP contribution in [0, 0.1) is 13.8 Å². The van der Waals surface area contributed by atoms with Crippen LogP contribution < -0.4 is 5.32 Å². The van der Waals surface area contributed by atoms with Gasteiger partial charge >= 0.3 is 5.97 Å². The number of rotatable bonds is 9. The van der Waals surface area contributed by atoms with Crippen molar-refractivity contribution in [1.82, 2.24) is 9.88 Å². The molecule has 6 heteroatoms. The molecule has 0 aliphatic heterocycles. The first-order valence-corrected chi connectivity index (χ1v) is 9.29. The number of esters is 1. The predicted octanol–water partition coefficient (Wildman–Crippen LogP) is 3.07. The Kier molecular flexibility index (Phi) is 7.75. The van der Waals surface area contributed by atoms with Crippen molar-refractivity contribution < 1.29 is 19.1 Å². The first-order valence-electron chi connectivity index (χ1n) is 9.29. The summed E-state index contributed by atoms with van der Waals surface area (Å²) in [6.07, 6.45) is 3.11. The average molecular weight is 382 g/mol. The molecule has 2 aromatic rings. The molecule has 1 aromatic heterocycles. The second-order valence-electron chi connectivity index (χ2n) is 6.40. The SMILES string of the molecule is CCn1c(C)cc(C(=O)COC(=O)CCNC(=O)/C=C/c2ccccc2)c1C. The van der Waals surface area contributed by atoms with E-state index in [0.717, 1.165) is 23.5 Å². The van der Waals surface area contributed by atoms with Crippen molar-refractivity contribution >= 4 is 23.7 Å². The maximum atomic E-state index is 12.3. The molecule has 0 spiro atoms. The molecule has 0 saturated carbocycles. The van der Waals surface area contributed by atoms with Crippen LogP contribution in [0.4, 0.5) is 0 Å². The van der Waals surface area contributed by atoms with Gasteiger partial charge in [0.1, 0.15) is 0 Å². The van der Waals surface area contributed by atoms with Gasteiger partial charge in [0.2, 0.25) is 11.7 Å². The van der Waals surface area contributed by atoms with Gasteiger partial charge in [-0.15, -0.1) is 0 Å². The summed E-state index contributed by atoms with van der Waals surface area (Å²) >= 11 is 0. The lowest BCUT2D eigenvalue weighted by atomic mass is 10.1. The number of amides is 1. The van der Waals surface area contributed by atoms with Crippen LogP contribution in [0.3, 0.4) is 0 Å². The van der Waals surface area contributed by atoms with Gasteiger partial charge in [0, 0.05) is 36.1 Å². The molecule has 1 heterocycles. The number of hydrogen-bond acceptors (Lipinski definition) is 4. The Morgan fingerprint density at radius 1 is 1.14 bits per heavy atom. The van der Waals surface area contributed by atoms with Gasteiger partial charge in [-0.3, -0.25) is 14.4 Å². The van der Waals surface area contributed by atoms with E-state index in [1.54, 1.807) is 6.08 Å². The van der Waals surface area contributed by atoms with E-state index in [-0.39, 0.29) is 31.3 Å². The minimum absolute atomic E-state index is 0.00613. The Balaban J connectivity index is 1.72. The van der Waals surface area contributed by atoms with Crippen LogP contribution in [0.25, 0.3) is 6.08 Å². The Bertz CT molecular complexity index is 866. The number of hydrogen-bond donors (Lipinski definition) is 1. The second kappa shape index (κ2) is 10.3. The van der Waals surface area contributed by atoms with E-state index in [1.165, 1.54) is 6.08 Å². The molecule has 0 atom stereocenters. The predicted molar refractivity (Wildman–Crippen MR) is 108 cm³/mol. The number of benzene rings is 1. The van der Waals surface area contributed by atoms with Crippen molar-refractivity contribution in [3.05, 3.63) is 65.0 Å². The molecule has 6 nitrogen and oxygen atoms in total. The van der Waals surface area contributed by atoms with Gasteiger partial charge in [-0.1, -0.05) is 30.3 Å². The highest BCUT2D eigenvalue weighted by Gasteiger charge is 2.16. The lowest BCUT2D eigenvalue weighted by Crippen LogP contribution is -2.25. The third kappa shape index (κ3) is 5.94. The van der Waals surface area contributed by atoms with Crippen molar-refractivity contribution in [1.29, 1.82) is 0 Å². The number of aryl methyl sites for hydroxylation is 1. The highest BCUT2D eigenvalue weighted by Crippen LogP contribution is 2.15. The molecule has 0 unspecified atom stereocenters. The van der Waals surface area contributed by atoms with Gasteiger partial charge in [0.25, 0.3) is 0 Å². The molecule has 1 amide bonds. The van der Waals surface area contributed by atoms with Gasteiger partial charge in [-0.25, -0.2) is 0 Å². The zero-order valence-electron chi connectivity index (χ0n) is 16.5. The summed E-state index contributed by atoms with van der Waals surface area (Å²) in [7, 11) is 0. The van der Waals surface area contributed by atoms with Crippen molar-refractivity contribution in [2.24, 2.45) is 0 Å². The molecule has 0 radical (unpaired) electrons. The number of Topliss-reactive ketones (excluding diaryl/α,β-unsaturated/α-hetero) is 1. The fraction of sp³-hybridized carbons (Fsp3) is 0.318. The standard InChI is InChI=1S/C22H26N2O4/c1-4-24-16(2)14-19(17(24)3)20(25)15-28-22(27)12-13-23-21(26)11-10-18-8-6-5-7-9-18/h5-11,14H,4,12-13,15H2,1-3H3,(H,23,26)/b11-10+. The Morgan fingerprint density at radius 3 is 2.50 bits per heavy atom. The molecule has 28 heavy (non-hydrogen) atoms. The zero-order chi connectivity index (χ0) is 20.5. The summed E-state index contributed by atoms with van der Waals surface area (Å²) in [6, 6.07) is 11.2. The minimum atomic E-state index is -0.523. The van der Waals surface area contributed by atoms with Gasteiger partial charge in [0.15, 0.2) is 6.61 Å². The van der Waals surface area contributed by atoms with Gasteiger partial charge in [-0.05, 0) is 38.5 Å². The quantitative estimate of drug-likeness (QED) is 0.411.